The van der Waals surface area contributed by atoms with Crippen LogP contribution in [0.15, 0.2) is 12.1 Å². The van der Waals surface area contributed by atoms with Crippen molar-refractivity contribution >= 4 is 28.4 Å². The number of aryl methyl sites for hydroxylation is 1. The van der Waals surface area contributed by atoms with Crippen LogP contribution >= 0.6 is 22.6 Å². The largest absolute Gasteiger partial charge is 0.294 e. The Balaban J connectivity index is 3.33. The highest BCUT2D eigenvalue weighted by atomic mass is 127. The standard InChI is InChI=1S/C9H8FIO/c1-5-3-9(11)8(10)4-7(5)6(2)12/h3-4H,1-2H3. The molecule has 1 rings (SSSR count). The first-order valence-corrected chi connectivity index (χ1v) is 4.57. The van der Waals surface area contributed by atoms with Gasteiger partial charge in [0.15, 0.2) is 5.78 Å². The Bertz CT molecular complexity index is 334. The molecule has 0 N–H and O–H groups in total. The summed E-state index contributed by atoms with van der Waals surface area (Å²) < 4.78 is 13.5. The topological polar surface area (TPSA) is 17.1 Å². The molecule has 64 valence electrons. The van der Waals surface area contributed by atoms with Crippen LogP contribution in [-0.2, 0) is 0 Å². The molecule has 0 spiro atoms. The van der Waals surface area contributed by atoms with Crippen molar-refractivity contribution in [2.45, 2.75) is 13.8 Å². The summed E-state index contributed by atoms with van der Waals surface area (Å²) >= 11 is 1.90. The van der Waals surface area contributed by atoms with Crippen LogP contribution in [0.4, 0.5) is 4.39 Å². The lowest BCUT2D eigenvalue weighted by atomic mass is 10.1. The minimum absolute atomic E-state index is 0.0946. The maximum Gasteiger partial charge on any atom is 0.160 e. The van der Waals surface area contributed by atoms with Gasteiger partial charge in [0, 0.05) is 9.13 Å². The van der Waals surface area contributed by atoms with E-state index < -0.39 is 0 Å². The van der Waals surface area contributed by atoms with Gasteiger partial charge in [-0.2, -0.15) is 0 Å². The summed E-state index contributed by atoms with van der Waals surface area (Å²) in [6, 6.07) is 2.96. The predicted molar refractivity (Wildman–Crippen MR) is 53.9 cm³/mol. The van der Waals surface area contributed by atoms with E-state index >= 15 is 0 Å². The van der Waals surface area contributed by atoms with Gasteiger partial charge in [-0.3, -0.25) is 4.79 Å². The molecule has 12 heavy (non-hydrogen) atoms. The molecule has 3 heteroatoms. The minimum Gasteiger partial charge on any atom is -0.294 e. The van der Waals surface area contributed by atoms with E-state index in [9.17, 15) is 9.18 Å². The summed E-state index contributed by atoms with van der Waals surface area (Å²) in [6.45, 7) is 3.24. The second-order valence-corrected chi connectivity index (χ2v) is 3.80. The molecular weight excluding hydrogens is 270 g/mol. The van der Waals surface area contributed by atoms with E-state index in [1.165, 1.54) is 13.0 Å². The molecule has 0 radical (unpaired) electrons. The highest BCUT2D eigenvalue weighted by Gasteiger charge is 2.07. The van der Waals surface area contributed by atoms with Crippen molar-refractivity contribution in [2.75, 3.05) is 0 Å². The molecule has 0 saturated heterocycles. The van der Waals surface area contributed by atoms with E-state index in [2.05, 4.69) is 0 Å². The summed E-state index contributed by atoms with van der Waals surface area (Å²) in [4.78, 5) is 11.0. The predicted octanol–water partition coefficient (Wildman–Crippen LogP) is 2.94. The molecule has 0 bridgehead atoms. The van der Waals surface area contributed by atoms with Gasteiger partial charge < -0.3 is 0 Å². The molecule has 1 nitrogen and oxygen atoms in total. The number of carbonyl (C=O) groups is 1. The quantitative estimate of drug-likeness (QED) is 0.570. The molecule has 0 aliphatic rings. The first-order chi connectivity index (χ1) is 5.52. The number of rotatable bonds is 1. The number of hydrogen-bond acceptors (Lipinski definition) is 1. The third-order valence-corrected chi connectivity index (χ3v) is 2.47. The van der Waals surface area contributed by atoms with Gasteiger partial charge in [0.2, 0.25) is 0 Å². The average molecular weight is 278 g/mol. The SMILES string of the molecule is CC(=O)c1cc(F)c(I)cc1C. The van der Waals surface area contributed by atoms with Crippen LogP contribution in [0.25, 0.3) is 0 Å². The molecule has 0 aromatic heterocycles. The molecule has 0 fully saturated rings. The number of hydrogen-bond donors (Lipinski definition) is 0. The molecule has 0 unspecified atom stereocenters. The van der Waals surface area contributed by atoms with E-state index in [4.69, 9.17) is 0 Å². The zero-order chi connectivity index (χ0) is 9.30. The Hall–Kier alpha value is -0.450. The van der Waals surface area contributed by atoms with Crippen molar-refractivity contribution in [1.29, 1.82) is 0 Å². The van der Waals surface area contributed by atoms with Gasteiger partial charge in [0.05, 0.1) is 0 Å². The molecule has 1 aromatic rings. The zero-order valence-electron chi connectivity index (χ0n) is 6.82. The fourth-order valence-corrected chi connectivity index (χ4v) is 1.65. The molecule has 0 heterocycles. The fraction of sp³-hybridized carbons (Fsp3) is 0.222. The van der Waals surface area contributed by atoms with Crippen LogP contribution in [0, 0.1) is 16.3 Å². The minimum atomic E-state index is -0.327. The van der Waals surface area contributed by atoms with Crippen LogP contribution in [-0.4, -0.2) is 5.78 Å². The maximum absolute atomic E-state index is 13.0. The van der Waals surface area contributed by atoms with Crippen molar-refractivity contribution in [2.24, 2.45) is 0 Å². The summed E-state index contributed by atoms with van der Waals surface area (Å²) in [5, 5.41) is 0. The number of Topliss-reactive ketones (excluding diaryl/α,β-unsaturated/α-hetero) is 1. The molecule has 1 aromatic carbocycles. The lowest BCUT2D eigenvalue weighted by Gasteiger charge is -2.02. The van der Waals surface area contributed by atoms with E-state index in [0.717, 1.165) is 5.56 Å². The first-order valence-electron chi connectivity index (χ1n) is 3.49. The molecule has 0 atom stereocenters. The van der Waals surface area contributed by atoms with Crippen LogP contribution in [0.5, 0.6) is 0 Å². The smallest absolute Gasteiger partial charge is 0.160 e. The Kier molecular flexibility index (Phi) is 2.82. The monoisotopic (exact) mass is 278 g/mol. The van der Waals surface area contributed by atoms with Crippen LogP contribution in [0.3, 0.4) is 0 Å². The Morgan fingerprint density at radius 3 is 2.58 bits per heavy atom. The zero-order valence-corrected chi connectivity index (χ0v) is 8.98. The third-order valence-electron chi connectivity index (χ3n) is 1.65. The van der Waals surface area contributed by atoms with Gasteiger partial charge in [-0.25, -0.2) is 4.39 Å². The van der Waals surface area contributed by atoms with Crippen LogP contribution in [0.2, 0.25) is 0 Å². The Morgan fingerprint density at radius 2 is 2.08 bits per heavy atom. The van der Waals surface area contributed by atoms with Crippen molar-refractivity contribution < 1.29 is 9.18 Å². The van der Waals surface area contributed by atoms with Gasteiger partial charge in [-0.1, -0.05) is 0 Å². The summed E-state index contributed by atoms with van der Waals surface area (Å²) in [5.41, 5.74) is 1.29. The average Bonchev–Trinajstić information content (AvgIpc) is 1.96. The molecule has 0 aliphatic heterocycles. The molecule has 0 saturated carbocycles. The Morgan fingerprint density at radius 1 is 1.50 bits per heavy atom. The highest BCUT2D eigenvalue weighted by molar-refractivity contribution is 14.1. The van der Waals surface area contributed by atoms with Crippen molar-refractivity contribution in [3.05, 3.63) is 32.6 Å². The molecule has 0 amide bonds. The number of benzene rings is 1. The van der Waals surface area contributed by atoms with Gasteiger partial charge in [-0.15, -0.1) is 0 Å². The van der Waals surface area contributed by atoms with Gasteiger partial charge in [-0.05, 0) is 54.1 Å². The summed E-state index contributed by atoms with van der Waals surface area (Å²) in [6.07, 6.45) is 0. The van der Waals surface area contributed by atoms with Gasteiger partial charge >= 0.3 is 0 Å². The number of ketones is 1. The molecule has 0 aliphatic carbocycles. The van der Waals surface area contributed by atoms with Crippen molar-refractivity contribution in [3.8, 4) is 0 Å². The first kappa shape index (κ1) is 9.64. The second kappa shape index (κ2) is 3.51. The Labute approximate surface area is 84.1 Å². The fourth-order valence-electron chi connectivity index (χ4n) is 1.03. The number of carbonyl (C=O) groups excluding carboxylic acids is 1. The van der Waals surface area contributed by atoms with Crippen molar-refractivity contribution in [3.63, 3.8) is 0 Å². The number of halogens is 2. The lowest BCUT2D eigenvalue weighted by molar-refractivity contribution is 0.101. The summed E-state index contributed by atoms with van der Waals surface area (Å²) in [5.74, 6) is -0.422. The van der Waals surface area contributed by atoms with Crippen LogP contribution in [0.1, 0.15) is 22.8 Å². The van der Waals surface area contributed by atoms with Crippen LogP contribution < -0.4 is 0 Å². The van der Waals surface area contributed by atoms with E-state index in [0.29, 0.717) is 9.13 Å². The maximum atomic E-state index is 13.0. The van der Waals surface area contributed by atoms with Crippen molar-refractivity contribution in [1.82, 2.24) is 0 Å². The van der Waals surface area contributed by atoms with Gasteiger partial charge in [0.25, 0.3) is 0 Å². The lowest BCUT2D eigenvalue weighted by Crippen LogP contribution is -1.98. The summed E-state index contributed by atoms with van der Waals surface area (Å²) in [7, 11) is 0. The highest BCUT2D eigenvalue weighted by Crippen LogP contribution is 2.17. The van der Waals surface area contributed by atoms with E-state index in [1.54, 1.807) is 13.0 Å². The molecular formula is C9H8FIO. The second-order valence-electron chi connectivity index (χ2n) is 2.64. The van der Waals surface area contributed by atoms with E-state index in [-0.39, 0.29) is 11.6 Å². The van der Waals surface area contributed by atoms with E-state index in [1.807, 2.05) is 22.6 Å². The van der Waals surface area contributed by atoms with Gasteiger partial charge in [0.1, 0.15) is 5.82 Å². The normalized spacial score (nSPS) is 10.0. The third kappa shape index (κ3) is 1.83.